The van der Waals surface area contributed by atoms with E-state index in [1.54, 1.807) is 6.08 Å². The summed E-state index contributed by atoms with van der Waals surface area (Å²) in [6.45, 7) is 8.05. The Labute approximate surface area is 144 Å². The van der Waals surface area contributed by atoms with Gasteiger partial charge in [-0.3, -0.25) is 9.69 Å². The summed E-state index contributed by atoms with van der Waals surface area (Å²) < 4.78 is 11.0. The molecule has 5 nitrogen and oxygen atoms in total. The summed E-state index contributed by atoms with van der Waals surface area (Å²) in [5, 5.41) is 2.93. The van der Waals surface area contributed by atoms with Crippen molar-refractivity contribution < 1.29 is 14.3 Å². The van der Waals surface area contributed by atoms with Crippen LogP contribution in [0, 0.1) is 0 Å². The maximum Gasteiger partial charge on any atom is 0.244 e. The molecule has 1 aromatic rings. The molecule has 1 aliphatic rings. The molecule has 0 atom stereocenters. The van der Waals surface area contributed by atoms with Crippen LogP contribution >= 0.6 is 0 Å². The number of hydrogen-bond donors (Lipinski definition) is 1. The van der Waals surface area contributed by atoms with E-state index in [9.17, 15) is 4.79 Å². The number of carbonyl (C=O) groups is 1. The minimum Gasteiger partial charge on any atom is -0.493 e. The van der Waals surface area contributed by atoms with Crippen molar-refractivity contribution in [2.75, 3.05) is 46.0 Å². The molecule has 0 bridgehead atoms. The van der Waals surface area contributed by atoms with Crippen LogP contribution in [0.3, 0.4) is 0 Å². The predicted octanol–water partition coefficient (Wildman–Crippen LogP) is 2.33. The van der Waals surface area contributed by atoms with Gasteiger partial charge in [0.2, 0.25) is 5.91 Å². The quantitative estimate of drug-likeness (QED) is 0.557. The Morgan fingerprint density at radius 2 is 2.12 bits per heavy atom. The van der Waals surface area contributed by atoms with Crippen molar-refractivity contribution in [2.24, 2.45) is 0 Å². The number of hydrogen-bond acceptors (Lipinski definition) is 4. The summed E-state index contributed by atoms with van der Waals surface area (Å²) >= 11 is 0. The monoisotopic (exact) mass is 332 g/mol. The van der Waals surface area contributed by atoms with E-state index in [0.717, 1.165) is 57.0 Å². The highest BCUT2D eigenvalue weighted by molar-refractivity contribution is 5.92. The van der Waals surface area contributed by atoms with Gasteiger partial charge in [0.25, 0.3) is 0 Å². The maximum atomic E-state index is 11.9. The largest absolute Gasteiger partial charge is 0.493 e. The Morgan fingerprint density at radius 1 is 1.33 bits per heavy atom. The molecule has 1 N–H and O–H groups in total. The fourth-order valence-electron chi connectivity index (χ4n) is 2.53. The first kappa shape index (κ1) is 18.5. The number of para-hydroxylation sites is 1. The molecule has 1 aliphatic heterocycles. The first-order valence-corrected chi connectivity index (χ1v) is 8.77. The third-order valence-corrected chi connectivity index (χ3v) is 3.85. The number of amides is 1. The van der Waals surface area contributed by atoms with Gasteiger partial charge in [0.1, 0.15) is 5.75 Å². The van der Waals surface area contributed by atoms with Crippen molar-refractivity contribution in [3.8, 4) is 5.75 Å². The van der Waals surface area contributed by atoms with E-state index in [-0.39, 0.29) is 5.91 Å². The summed E-state index contributed by atoms with van der Waals surface area (Å²) in [5.74, 6) is 0.748. The Bertz CT molecular complexity index is 525. The average molecular weight is 332 g/mol. The number of rotatable bonds is 9. The van der Waals surface area contributed by atoms with Crippen LogP contribution in [0.15, 0.2) is 30.3 Å². The topological polar surface area (TPSA) is 50.8 Å². The van der Waals surface area contributed by atoms with Crippen LogP contribution in [-0.4, -0.2) is 56.8 Å². The van der Waals surface area contributed by atoms with Crippen molar-refractivity contribution in [3.63, 3.8) is 0 Å². The van der Waals surface area contributed by atoms with Gasteiger partial charge in [-0.05, 0) is 31.5 Å². The molecular weight excluding hydrogens is 304 g/mol. The fraction of sp³-hybridized carbons (Fsp3) is 0.526. The predicted molar refractivity (Wildman–Crippen MR) is 96.1 cm³/mol. The lowest BCUT2D eigenvalue weighted by atomic mass is 10.2. The Kier molecular flexibility index (Phi) is 8.35. The highest BCUT2D eigenvalue weighted by atomic mass is 16.5. The molecule has 0 radical (unpaired) electrons. The van der Waals surface area contributed by atoms with Gasteiger partial charge in [-0.2, -0.15) is 0 Å². The second-order valence-corrected chi connectivity index (χ2v) is 5.82. The second-order valence-electron chi connectivity index (χ2n) is 5.82. The number of benzene rings is 1. The van der Waals surface area contributed by atoms with Gasteiger partial charge in [0.15, 0.2) is 0 Å². The smallest absolute Gasteiger partial charge is 0.244 e. The van der Waals surface area contributed by atoms with Crippen LogP contribution in [0.4, 0.5) is 0 Å². The normalized spacial score (nSPS) is 15.5. The van der Waals surface area contributed by atoms with Crippen molar-refractivity contribution in [1.29, 1.82) is 0 Å². The maximum absolute atomic E-state index is 11.9. The minimum absolute atomic E-state index is 0.0673. The zero-order valence-corrected chi connectivity index (χ0v) is 14.5. The van der Waals surface area contributed by atoms with Crippen LogP contribution in [0.2, 0.25) is 0 Å². The van der Waals surface area contributed by atoms with E-state index in [1.165, 1.54) is 0 Å². The molecule has 2 rings (SSSR count). The fourth-order valence-corrected chi connectivity index (χ4v) is 2.53. The van der Waals surface area contributed by atoms with Gasteiger partial charge in [0.05, 0.1) is 19.8 Å². The molecule has 0 aliphatic carbocycles. The molecule has 0 unspecified atom stereocenters. The average Bonchev–Trinajstić information content (AvgIpc) is 2.63. The van der Waals surface area contributed by atoms with Gasteiger partial charge in [-0.25, -0.2) is 0 Å². The summed E-state index contributed by atoms with van der Waals surface area (Å²) in [6.07, 6.45) is 5.29. The number of nitrogens with one attached hydrogen (secondary N) is 1. The van der Waals surface area contributed by atoms with Crippen LogP contribution in [0.1, 0.15) is 25.3 Å². The van der Waals surface area contributed by atoms with Crippen molar-refractivity contribution in [2.45, 2.75) is 19.8 Å². The van der Waals surface area contributed by atoms with Crippen LogP contribution in [-0.2, 0) is 9.53 Å². The molecule has 0 saturated carbocycles. The second kappa shape index (κ2) is 10.8. The molecule has 1 heterocycles. The van der Waals surface area contributed by atoms with Crippen LogP contribution in [0.25, 0.3) is 6.08 Å². The number of nitrogens with zero attached hydrogens (tertiary/aromatic N) is 1. The standard InChI is InChI=1S/C19H28N2O3/c1-2-14-24-18-7-4-3-6-17(18)8-9-19(22)20-10-5-11-21-12-15-23-16-13-21/h3-4,6-9H,2,5,10-16H2,1H3,(H,20,22)/b9-8+. The number of ether oxygens (including phenoxy) is 2. The van der Waals surface area contributed by atoms with Crippen LogP contribution < -0.4 is 10.1 Å². The third-order valence-electron chi connectivity index (χ3n) is 3.85. The van der Waals surface area contributed by atoms with Gasteiger partial charge < -0.3 is 14.8 Å². The molecule has 0 spiro atoms. The Balaban J connectivity index is 1.70. The zero-order chi connectivity index (χ0) is 17.0. The lowest BCUT2D eigenvalue weighted by molar-refractivity contribution is -0.116. The van der Waals surface area contributed by atoms with E-state index >= 15 is 0 Å². The van der Waals surface area contributed by atoms with E-state index < -0.39 is 0 Å². The molecule has 24 heavy (non-hydrogen) atoms. The van der Waals surface area contributed by atoms with Crippen molar-refractivity contribution >= 4 is 12.0 Å². The molecule has 1 saturated heterocycles. The van der Waals surface area contributed by atoms with Crippen molar-refractivity contribution in [1.82, 2.24) is 10.2 Å². The van der Waals surface area contributed by atoms with E-state index in [1.807, 2.05) is 30.3 Å². The molecule has 0 aromatic heterocycles. The summed E-state index contributed by atoms with van der Waals surface area (Å²) in [7, 11) is 0. The van der Waals surface area contributed by atoms with Gasteiger partial charge in [-0.1, -0.05) is 25.1 Å². The molecule has 1 aromatic carbocycles. The first-order chi connectivity index (χ1) is 11.8. The summed E-state index contributed by atoms with van der Waals surface area (Å²) in [4.78, 5) is 14.3. The zero-order valence-electron chi connectivity index (χ0n) is 14.5. The lowest BCUT2D eigenvalue weighted by Crippen LogP contribution is -2.38. The van der Waals surface area contributed by atoms with E-state index in [2.05, 4.69) is 17.1 Å². The number of carbonyl (C=O) groups excluding carboxylic acids is 1. The van der Waals surface area contributed by atoms with Gasteiger partial charge in [-0.15, -0.1) is 0 Å². The van der Waals surface area contributed by atoms with E-state index in [4.69, 9.17) is 9.47 Å². The molecule has 1 fully saturated rings. The molecule has 5 heteroatoms. The minimum atomic E-state index is -0.0673. The number of morpholine rings is 1. The van der Waals surface area contributed by atoms with Crippen LogP contribution in [0.5, 0.6) is 5.75 Å². The molecule has 1 amide bonds. The highest BCUT2D eigenvalue weighted by Gasteiger charge is 2.09. The Morgan fingerprint density at radius 3 is 2.92 bits per heavy atom. The van der Waals surface area contributed by atoms with Gasteiger partial charge in [0, 0.05) is 31.3 Å². The SMILES string of the molecule is CCCOc1ccccc1/C=C/C(=O)NCCCN1CCOCC1. The van der Waals surface area contributed by atoms with E-state index in [0.29, 0.717) is 13.2 Å². The third kappa shape index (κ3) is 6.72. The highest BCUT2D eigenvalue weighted by Crippen LogP contribution is 2.19. The Hall–Kier alpha value is -1.85. The molecular formula is C19H28N2O3. The molecule has 132 valence electrons. The lowest BCUT2D eigenvalue weighted by Gasteiger charge is -2.26. The summed E-state index contributed by atoms with van der Waals surface area (Å²) in [5.41, 5.74) is 0.925. The first-order valence-electron chi connectivity index (χ1n) is 8.77. The van der Waals surface area contributed by atoms with Crippen molar-refractivity contribution in [3.05, 3.63) is 35.9 Å². The van der Waals surface area contributed by atoms with Gasteiger partial charge >= 0.3 is 0 Å². The summed E-state index contributed by atoms with van der Waals surface area (Å²) in [6, 6.07) is 7.76.